The first-order valence-corrected chi connectivity index (χ1v) is 14.2. The van der Waals surface area contributed by atoms with Gasteiger partial charge in [0.2, 0.25) is 5.91 Å². The summed E-state index contributed by atoms with van der Waals surface area (Å²) >= 11 is 0. The van der Waals surface area contributed by atoms with Crippen LogP contribution in [0.5, 0.6) is 11.5 Å². The van der Waals surface area contributed by atoms with Gasteiger partial charge in [-0.25, -0.2) is 0 Å². The van der Waals surface area contributed by atoms with Crippen molar-refractivity contribution >= 4 is 11.9 Å². The fourth-order valence-electron chi connectivity index (χ4n) is 5.70. The lowest BCUT2D eigenvalue weighted by Crippen LogP contribution is -2.42. The predicted octanol–water partition coefficient (Wildman–Crippen LogP) is 5.29. The maximum absolute atomic E-state index is 13.6. The van der Waals surface area contributed by atoms with Gasteiger partial charge in [0, 0.05) is 31.6 Å². The molecular formula is C31H42N2O5. The summed E-state index contributed by atoms with van der Waals surface area (Å²) in [6.45, 7) is 9.53. The van der Waals surface area contributed by atoms with Gasteiger partial charge in [0.25, 0.3) is 0 Å². The quantitative estimate of drug-likeness (QED) is 0.408. The van der Waals surface area contributed by atoms with Crippen molar-refractivity contribution < 1.29 is 24.2 Å². The third kappa shape index (κ3) is 6.32. The van der Waals surface area contributed by atoms with Crippen molar-refractivity contribution in [1.82, 2.24) is 9.80 Å². The number of benzene rings is 2. The average molecular weight is 523 g/mol. The van der Waals surface area contributed by atoms with Gasteiger partial charge in [0.05, 0.1) is 12.5 Å². The molecule has 2 heterocycles. The van der Waals surface area contributed by atoms with Crippen LogP contribution in [0.3, 0.4) is 0 Å². The fourth-order valence-corrected chi connectivity index (χ4v) is 5.70. The minimum atomic E-state index is -0.849. The first-order valence-electron chi connectivity index (χ1n) is 14.2. The lowest BCUT2D eigenvalue weighted by molar-refractivity contribution is -0.144. The molecule has 0 aromatic heterocycles. The lowest BCUT2D eigenvalue weighted by atomic mass is 9.82. The third-order valence-electron chi connectivity index (χ3n) is 7.86. The summed E-state index contributed by atoms with van der Waals surface area (Å²) in [4.78, 5) is 30.5. The summed E-state index contributed by atoms with van der Waals surface area (Å²) in [6, 6.07) is 13.6. The molecule has 7 heteroatoms. The normalized spacial score (nSPS) is 20.9. The van der Waals surface area contributed by atoms with E-state index in [1.54, 1.807) is 0 Å². The van der Waals surface area contributed by atoms with Crippen LogP contribution in [0.4, 0.5) is 0 Å². The van der Waals surface area contributed by atoms with E-state index in [2.05, 4.69) is 37.8 Å². The van der Waals surface area contributed by atoms with E-state index in [0.29, 0.717) is 31.3 Å². The van der Waals surface area contributed by atoms with Crippen molar-refractivity contribution in [3.63, 3.8) is 0 Å². The molecule has 2 aliphatic heterocycles. The molecular weight excluding hydrogens is 480 g/mol. The number of hydrogen-bond acceptors (Lipinski definition) is 5. The van der Waals surface area contributed by atoms with Crippen molar-refractivity contribution in [3.8, 4) is 11.5 Å². The smallest absolute Gasteiger partial charge is 0.309 e. The molecule has 2 aromatic carbocycles. The van der Waals surface area contributed by atoms with Crippen LogP contribution in [0.1, 0.15) is 75.1 Å². The van der Waals surface area contributed by atoms with Gasteiger partial charge >= 0.3 is 5.97 Å². The Morgan fingerprint density at radius 3 is 2.16 bits per heavy atom. The van der Waals surface area contributed by atoms with E-state index in [0.717, 1.165) is 56.3 Å². The molecule has 0 spiro atoms. The Kier molecular flexibility index (Phi) is 9.67. The van der Waals surface area contributed by atoms with Crippen molar-refractivity contribution in [2.24, 2.45) is 5.92 Å². The number of hydrogen-bond donors (Lipinski definition) is 1. The second-order valence-corrected chi connectivity index (χ2v) is 10.4. The Bertz CT molecular complexity index is 1080. The summed E-state index contributed by atoms with van der Waals surface area (Å²) in [5.41, 5.74) is 3.05. The summed E-state index contributed by atoms with van der Waals surface area (Å²) in [5.74, 6) is -0.413. The van der Waals surface area contributed by atoms with E-state index in [9.17, 15) is 14.7 Å². The zero-order chi connectivity index (χ0) is 27.1. The molecule has 0 bridgehead atoms. The van der Waals surface area contributed by atoms with Gasteiger partial charge in [-0.3, -0.25) is 14.5 Å². The molecule has 0 saturated carbocycles. The average Bonchev–Trinajstić information content (AvgIpc) is 3.32. The van der Waals surface area contributed by atoms with Gasteiger partial charge < -0.3 is 19.5 Å². The highest BCUT2D eigenvalue weighted by Crippen LogP contribution is 2.47. The van der Waals surface area contributed by atoms with Crippen LogP contribution in [0.15, 0.2) is 42.5 Å². The largest absolute Gasteiger partial charge is 0.486 e. The molecule has 1 fully saturated rings. The molecule has 7 nitrogen and oxygen atoms in total. The Labute approximate surface area is 226 Å². The number of fused-ring (bicyclic) bond motifs is 1. The number of likely N-dealkylation sites (tertiary alicyclic amines) is 1. The van der Waals surface area contributed by atoms with E-state index in [-0.39, 0.29) is 18.4 Å². The summed E-state index contributed by atoms with van der Waals surface area (Å²) in [6.07, 6.45) is 4.90. The topological polar surface area (TPSA) is 79.3 Å². The maximum atomic E-state index is 13.6. The van der Waals surface area contributed by atoms with Crippen molar-refractivity contribution in [3.05, 3.63) is 59.2 Å². The number of unbranched alkanes of at least 4 members (excludes halogenated alkanes) is 2. The number of nitrogens with zero attached hydrogens (tertiary/aromatic N) is 2. The number of carboxylic acids is 1. The minimum absolute atomic E-state index is 0.0778. The first-order chi connectivity index (χ1) is 18.5. The van der Waals surface area contributed by atoms with Crippen LogP contribution in [0.2, 0.25) is 0 Å². The van der Waals surface area contributed by atoms with Gasteiger partial charge in [0.15, 0.2) is 11.5 Å². The van der Waals surface area contributed by atoms with Crippen molar-refractivity contribution in [2.75, 3.05) is 39.4 Å². The number of carbonyl (C=O) groups is 2. The van der Waals surface area contributed by atoms with Crippen LogP contribution >= 0.6 is 0 Å². The standard InChI is InChI=1S/C31H42N2O5/c1-4-7-15-32(16-8-5-2)28(34)21-33-20-25(24-13-14-26-27(19-24)38-18-17-37-26)29(31(35)36)30(33)23-11-9-22(6-3)10-12-23/h9-14,19,25,29-30H,4-8,15-18,20-21H2,1-3H3,(H,35,36)/t25-,29-,30+/m1/s1. The second kappa shape index (κ2) is 13.1. The molecule has 0 radical (unpaired) electrons. The lowest BCUT2D eigenvalue weighted by Gasteiger charge is -2.30. The van der Waals surface area contributed by atoms with Gasteiger partial charge in [-0.2, -0.15) is 0 Å². The fraction of sp³-hybridized carbons (Fsp3) is 0.548. The summed E-state index contributed by atoms with van der Waals surface area (Å²) < 4.78 is 11.5. The number of ether oxygens (including phenoxy) is 2. The zero-order valence-electron chi connectivity index (χ0n) is 23.0. The minimum Gasteiger partial charge on any atom is -0.486 e. The molecule has 2 aromatic rings. The number of carbonyl (C=O) groups excluding carboxylic acids is 1. The van der Waals surface area contributed by atoms with Gasteiger partial charge in [-0.1, -0.05) is 63.9 Å². The maximum Gasteiger partial charge on any atom is 0.309 e. The van der Waals surface area contributed by atoms with Crippen LogP contribution in [0, 0.1) is 5.92 Å². The van der Waals surface area contributed by atoms with Crippen LogP contribution < -0.4 is 9.47 Å². The Hall–Kier alpha value is -3.06. The van der Waals surface area contributed by atoms with Gasteiger partial charge in [0.1, 0.15) is 13.2 Å². The third-order valence-corrected chi connectivity index (χ3v) is 7.86. The highest BCUT2D eigenvalue weighted by Gasteiger charge is 2.48. The molecule has 38 heavy (non-hydrogen) atoms. The molecule has 0 aliphatic carbocycles. The van der Waals surface area contributed by atoms with Gasteiger partial charge in [-0.15, -0.1) is 0 Å². The molecule has 1 N–H and O–H groups in total. The highest BCUT2D eigenvalue weighted by atomic mass is 16.6. The van der Waals surface area contributed by atoms with E-state index < -0.39 is 17.9 Å². The van der Waals surface area contributed by atoms with Crippen molar-refractivity contribution in [1.29, 1.82) is 0 Å². The summed E-state index contributed by atoms with van der Waals surface area (Å²) in [5, 5.41) is 10.5. The molecule has 0 unspecified atom stereocenters. The monoisotopic (exact) mass is 522 g/mol. The molecule has 2 aliphatic rings. The van der Waals surface area contributed by atoms with Crippen molar-refractivity contribution in [2.45, 2.75) is 64.8 Å². The molecule has 206 valence electrons. The number of amides is 1. The number of carboxylic acid groups (broad SMARTS) is 1. The molecule has 4 rings (SSSR count). The van der Waals surface area contributed by atoms with E-state index in [1.807, 2.05) is 35.2 Å². The molecule has 1 amide bonds. The van der Waals surface area contributed by atoms with Gasteiger partial charge in [-0.05, 0) is 48.1 Å². The van der Waals surface area contributed by atoms with Crippen LogP contribution in [-0.2, 0) is 16.0 Å². The number of aryl methyl sites for hydroxylation is 1. The number of rotatable bonds is 12. The van der Waals surface area contributed by atoms with E-state index in [1.165, 1.54) is 5.56 Å². The Morgan fingerprint density at radius 1 is 0.921 bits per heavy atom. The van der Waals surface area contributed by atoms with E-state index >= 15 is 0 Å². The zero-order valence-corrected chi connectivity index (χ0v) is 23.0. The predicted molar refractivity (Wildman–Crippen MR) is 148 cm³/mol. The number of aliphatic carboxylic acids is 1. The SMILES string of the molecule is CCCCN(CCCC)C(=O)CN1C[C@H](c2ccc3c(c2)OCCO3)[C@@H](C(=O)O)[C@@H]1c1ccc(CC)cc1. The Morgan fingerprint density at radius 2 is 1.55 bits per heavy atom. The molecule has 3 atom stereocenters. The molecule has 1 saturated heterocycles. The van der Waals surface area contributed by atoms with Crippen LogP contribution in [0.25, 0.3) is 0 Å². The second-order valence-electron chi connectivity index (χ2n) is 10.4. The highest BCUT2D eigenvalue weighted by molar-refractivity contribution is 5.79. The Balaban J connectivity index is 1.68. The van der Waals surface area contributed by atoms with Crippen LogP contribution in [-0.4, -0.2) is 66.2 Å². The summed E-state index contributed by atoms with van der Waals surface area (Å²) in [7, 11) is 0. The first kappa shape index (κ1) is 28.0. The van der Waals surface area contributed by atoms with E-state index in [4.69, 9.17) is 9.47 Å².